The predicted molar refractivity (Wildman–Crippen MR) is 89.8 cm³/mol. The molecule has 2 aromatic heterocycles. The van der Waals surface area contributed by atoms with E-state index in [1.165, 1.54) is 14.1 Å². The third-order valence-corrected chi connectivity index (χ3v) is 3.76. The van der Waals surface area contributed by atoms with Crippen molar-refractivity contribution in [2.24, 2.45) is 19.2 Å². The van der Waals surface area contributed by atoms with Crippen molar-refractivity contribution in [3.8, 4) is 0 Å². The van der Waals surface area contributed by atoms with E-state index in [9.17, 15) is 29.7 Å². The van der Waals surface area contributed by atoms with Crippen LogP contribution in [0.5, 0.6) is 0 Å². The second-order valence-electron chi connectivity index (χ2n) is 5.67. The van der Waals surface area contributed by atoms with E-state index in [0.717, 1.165) is 20.0 Å². The normalized spacial score (nSPS) is 15.2. The average Bonchev–Trinajstić information content (AvgIpc) is 3.06. The molecule has 0 saturated heterocycles. The molecule has 27 heavy (non-hydrogen) atoms. The van der Waals surface area contributed by atoms with Gasteiger partial charge in [0.25, 0.3) is 11.5 Å². The first kappa shape index (κ1) is 20.4. The zero-order valence-electron chi connectivity index (χ0n) is 14.4. The largest absolute Gasteiger partial charge is 0.394 e. The van der Waals surface area contributed by atoms with Gasteiger partial charge in [-0.15, -0.1) is 5.10 Å². The zero-order valence-corrected chi connectivity index (χ0v) is 14.4. The molecule has 2 rings (SSSR count). The Labute approximate surface area is 150 Å². The van der Waals surface area contributed by atoms with Crippen LogP contribution in [0.1, 0.15) is 0 Å². The number of carbonyl (C=O) groups is 1. The second-order valence-corrected chi connectivity index (χ2v) is 5.67. The number of hydrogen-bond acceptors (Lipinski definition) is 10. The van der Waals surface area contributed by atoms with Gasteiger partial charge in [-0.1, -0.05) is 5.21 Å². The molecule has 148 valence electrons. The van der Waals surface area contributed by atoms with Crippen LogP contribution in [0.2, 0.25) is 0 Å². The smallest absolute Gasteiger partial charge is 0.332 e. The fraction of sp³-hybridized carbons (Fsp3) is 0.538. The first-order valence-corrected chi connectivity index (χ1v) is 7.65. The molecule has 0 aliphatic carbocycles. The maximum absolute atomic E-state index is 12.2. The molecule has 0 bridgehead atoms. The molecule has 14 heteroatoms. The Morgan fingerprint density at radius 3 is 2.56 bits per heavy atom. The van der Waals surface area contributed by atoms with E-state index < -0.39 is 48.6 Å². The minimum atomic E-state index is -1.70. The first-order chi connectivity index (χ1) is 12.7. The molecule has 14 nitrogen and oxygen atoms in total. The lowest BCUT2D eigenvalue weighted by molar-refractivity contribution is -0.121. The van der Waals surface area contributed by atoms with E-state index in [-0.39, 0.29) is 11.2 Å². The van der Waals surface area contributed by atoms with Crippen molar-refractivity contribution in [1.29, 1.82) is 0 Å². The van der Waals surface area contributed by atoms with E-state index in [1.54, 1.807) is 0 Å². The number of rotatable bonds is 7. The van der Waals surface area contributed by atoms with Gasteiger partial charge in [-0.2, -0.15) is 5.10 Å². The summed E-state index contributed by atoms with van der Waals surface area (Å²) < 4.78 is 2.95. The van der Waals surface area contributed by atoms with Crippen molar-refractivity contribution in [2.45, 2.75) is 24.9 Å². The number of aliphatic hydroxyl groups excluding tert-OH is 4. The lowest BCUT2D eigenvalue weighted by Gasteiger charge is -2.17. The predicted octanol–water partition coefficient (Wildman–Crippen LogP) is -4.99. The molecule has 0 aliphatic heterocycles. The van der Waals surface area contributed by atoms with Crippen LogP contribution >= 0.6 is 0 Å². The van der Waals surface area contributed by atoms with Gasteiger partial charge in [-0.3, -0.25) is 18.7 Å². The number of hydrogen-bond donors (Lipinski definition) is 5. The summed E-state index contributed by atoms with van der Waals surface area (Å²) in [5, 5.41) is 47.6. The highest BCUT2D eigenvalue weighted by Crippen LogP contribution is 2.02. The van der Waals surface area contributed by atoms with Gasteiger partial charge in [0, 0.05) is 14.1 Å². The van der Waals surface area contributed by atoms with Crippen LogP contribution in [0.3, 0.4) is 0 Å². The lowest BCUT2D eigenvalue weighted by Crippen LogP contribution is -2.40. The summed E-state index contributed by atoms with van der Waals surface area (Å²) in [6, 6.07) is 0. The number of amides is 1. The Morgan fingerprint density at radius 2 is 1.93 bits per heavy atom. The topological polar surface area (TPSA) is 197 Å². The Morgan fingerprint density at radius 1 is 1.26 bits per heavy atom. The van der Waals surface area contributed by atoms with E-state index in [2.05, 4.69) is 15.4 Å². The van der Waals surface area contributed by atoms with Crippen molar-refractivity contribution >= 4 is 23.3 Å². The maximum atomic E-state index is 12.2. The monoisotopic (exact) mass is 385 g/mol. The molecular formula is C13H19N7O7. The molecule has 0 spiro atoms. The van der Waals surface area contributed by atoms with Crippen LogP contribution in [0.25, 0.3) is 11.2 Å². The van der Waals surface area contributed by atoms with Gasteiger partial charge in [0.05, 0.1) is 12.8 Å². The molecule has 0 aliphatic rings. The van der Waals surface area contributed by atoms with E-state index in [4.69, 9.17) is 5.11 Å². The van der Waals surface area contributed by atoms with Crippen LogP contribution in [-0.4, -0.2) is 81.6 Å². The summed E-state index contributed by atoms with van der Waals surface area (Å²) in [5.41, 5.74) is 0.726. The van der Waals surface area contributed by atoms with Crippen LogP contribution in [0.4, 0.5) is 0 Å². The summed E-state index contributed by atoms with van der Waals surface area (Å²) in [6.45, 7) is -1.23. The number of aryl methyl sites for hydroxylation is 1. The molecule has 2 heterocycles. The van der Waals surface area contributed by atoms with Crippen LogP contribution < -0.4 is 16.7 Å². The highest BCUT2D eigenvalue weighted by Gasteiger charge is 2.22. The standard InChI is InChI=1S/C13H19N7O7/c1-18-11-9(12(26)19(2)13(18)27)20(17-16-11)4-8(24)15-14-3-6(22)10(25)7(23)5-21/h3,6-7,10,21-23,25H,4-5H2,1-2H3,(H,15,24)/b14-3+/t6-,7-,10+/m0/s1. The fourth-order valence-corrected chi connectivity index (χ4v) is 2.19. The van der Waals surface area contributed by atoms with E-state index in [1.807, 2.05) is 5.43 Å². The molecule has 3 atom stereocenters. The number of nitrogens with zero attached hydrogens (tertiary/aromatic N) is 6. The fourth-order valence-electron chi connectivity index (χ4n) is 2.19. The Bertz CT molecular complexity index is 976. The molecule has 0 fully saturated rings. The van der Waals surface area contributed by atoms with Gasteiger partial charge in [-0.05, 0) is 0 Å². The van der Waals surface area contributed by atoms with Gasteiger partial charge in [0.2, 0.25) is 0 Å². The molecule has 0 radical (unpaired) electrons. The summed E-state index contributed by atoms with van der Waals surface area (Å²) in [6.07, 6.45) is -4.16. The van der Waals surface area contributed by atoms with Gasteiger partial charge >= 0.3 is 5.69 Å². The van der Waals surface area contributed by atoms with Gasteiger partial charge in [0.15, 0.2) is 11.2 Å². The van der Waals surface area contributed by atoms with Crippen LogP contribution in [-0.2, 0) is 25.4 Å². The summed E-state index contributed by atoms with van der Waals surface area (Å²) in [4.78, 5) is 36.0. The highest BCUT2D eigenvalue weighted by atomic mass is 16.4. The third-order valence-electron chi connectivity index (χ3n) is 3.76. The maximum Gasteiger partial charge on any atom is 0.332 e. The molecular weight excluding hydrogens is 366 g/mol. The first-order valence-electron chi connectivity index (χ1n) is 7.65. The van der Waals surface area contributed by atoms with Crippen molar-refractivity contribution in [1.82, 2.24) is 29.6 Å². The Balaban J connectivity index is 2.12. The van der Waals surface area contributed by atoms with Crippen molar-refractivity contribution in [3.05, 3.63) is 20.8 Å². The van der Waals surface area contributed by atoms with Gasteiger partial charge in [0.1, 0.15) is 24.9 Å². The SMILES string of the molecule is Cn1c(=O)c2c(nnn2CC(=O)N/N=C/[C@H](O)[C@@H](O)[C@@H](O)CO)n(C)c1=O. The zero-order chi connectivity index (χ0) is 20.3. The number of carbonyl (C=O) groups excluding carboxylic acids is 1. The average molecular weight is 385 g/mol. The summed E-state index contributed by atoms with van der Waals surface area (Å²) in [7, 11) is 2.68. The lowest BCUT2D eigenvalue weighted by atomic mass is 10.1. The third kappa shape index (κ3) is 4.08. The Hall–Kier alpha value is -2.94. The quantitative estimate of drug-likeness (QED) is 0.229. The van der Waals surface area contributed by atoms with E-state index in [0.29, 0.717) is 0 Å². The van der Waals surface area contributed by atoms with Gasteiger partial charge < -0.3 is 20.4 Å². The molecule has 5 N–H and O–H groups in total. The van der Waals surface area contributed by atoms with Crippen molar-refractivity contribution in [3.63, 3.8) is 0 Å². The molecule has 0 unspecified atom stereocenters. The number of aromatic nitrogens is 5. The molecule has 1 amide bonds. The number of hydrazone groups is 1. The van der Waals surface area contributed by atoms with Gasteiger partial charge in [-0.25, -0.2) is 14.9 Å². The minimum absolute atomic E-state index is 0.0101. The molecule has 0 saturated carbocycles. The second kappa shape index (κ2) is 8.17. The summed E-state index contributed by atoms with van der Waals surface area (Å²) >= 11 is 0. The summed E-state index contributed by atoms with van der Waals surface area (Å²) in [5.74, 6) is -0.738. The number of nitrogens with one attached hydrogen (secondary N) is 1. The van der Waals surface area contributed by atoms with Crippen LogP contribution in [0, 0.1) is 0 Å². The highest BCUT2D eigenvalue weighted by molar-refractivity contribution is 5.79. The molecule has 0 aromatic carbocycles. The van der Waals surface area contributed by atoms with E-state index >= 15 is 0 Å². The van der Waals surface area contributed by atoms with Crippen molar-refractivity contribution < 1.29 is 25.2 Å². The number of fused-ring (bicyclic) bond motifs is 1. The molecule has 2 aromatic rings. The van der Waals surface area contributed by atoms with Crippen molar-refractivity contribution in [2.75, 3.05) is 6.61 Å². The van der Waals surface area contributed by atoms with Crippen LogP contribution in [0.15, 0.2) is 14.7 Å². The Kier molecular flexibility index (Phi) is 6.17. The minimum Gasteiger partial charge on any atom is -0.394 e. The number of aliphatic hydroxyl groups is 4.